The third-order valence-corrected chi connectivity index (χ3v) is 8.90. The molecule has 0 saturated carbocycles. The summed E-state index contributed by atoms with van der Waals surface area (Å²) in [6, 6.07) is 54.5. The number of nitrogens with zero attached hydrogens (tertiary/aromatic N) is 1. The van der Waals surface area contributed by atoms with Gasteiger partial charge in [0.05, 0.1) is 11.6 Å². The Morgan fingerprint density at radius 2 is 0.891 bits per heavy atom. The smallest absolute Gasteiger partial charge is 0.135 e. The molecule has 0 atom stereocenters. The minimum absolute atomic E-state index is 0.621. The van der Waals surface area contributed by atoms with Crippen molar-refractivity contribution in [3.8, 4) is 50.6 Å². The van der Waals surface area contributed by atoms with E-state index < -0.39 is 0 Å². The van der Waals surface area contributed by atoms with Crippen molar-refractivity contribution in [3.63, 3.8) is 0 Å². The zero-order chi connectivity index (χ0) is 30.6. The highest BCUT2D eigenvalue weighted by atomic mass is 16.3. The minimum atomic E-state index is 0.621. The summed E-state index contributed by atoms with van der Waals surface area (Å²) in [7, 11) is 0. The van der Waals surface area contributed by atoms with Crippen molar-refractivity contribution < 1.29 is 8.83 Å². The van der Waals surface area contributed by atoms with Gasteiger partial charge >= 0.3 is 0 Å². The van der Waals surface area contributed by atoms with E-state index in [0.717, 1.165) is 88.4 Å². The molecule has 7 aromatic carbocycles. The zero-order valence-electron chi connectivity index (χ0n) is 24.7. The number of furan rings is 2. The maximum Gasteiger partial charge on any atom is 0.135 e. The number of hydrogen-bond donors (Lipinski definition) is 0. The van der Waals surface area contributed by atoms with Crippen molar-refractivity contribution in [1.82, 2.24) is 0 Å². The van der Waals surface area contributed by atoms with Crippen LogP contribution in [0.4, 0.5) is 0 Å². The lowest BCUT2D eigenvalue weighted by Gasteiger charge is -2.15. The summed E-state index contributed by atoms with van der Waals surface area (Å²) in [6.07, 6.45) is 0. The molecule has 2 aromatic heterocycles. The largest absolute Gasteiger partial charge is 0.456 e. The Bertz CT molecular complexity index is 2650. The molecule has 9 aromatic rings. The standard InChI is InChI=1S/C43H25NO2/c44-26-27-20-32(28-8-2-1-3-9-28)22-33(21-27)37-23-29(30-15-18-42-38(24-30)35-10-4-6-12-40(35)45-42)14-17-34(37)31-16-19-43-39(25-31)36-11-5-7-13-41(36)46-43/h1-25H. The highest BCUT2D eigenvalue weighted by Crippen LogP contribution is 2.41. The lowest BCUT2D eigenvalue weighted by Crippen LogP contribution is -1.90. The van der Waals surface area contributed by atoms with Crippen LogP contribution in [0.5, 0.6) is 0 Å². The number of fused-ring (bicyclic) bond motifs is 6. The fraction of sp³-hybridized carbons (Fsp3) is 0. The average Bonchev–Trinajstić information content (AvgIpc) is 3.69. The first-order valence-electron chi connectivity index (χ1n) is 15.3. The Kier molecular flexibility index (Phi) is 5.88. The van der Waals surface area contributed by atoms with Gasteiger partial charge in [-0.15, -0.1) is 0 Å². The van der Waals surface area contributed by atoms with E-state index >= 15 is 0 Å². The molecule has 3 heteroatoms. The number of para-hydroxylation sites is 2. The molecule has 3 nitrogen and oxygen atoms in total. The number of nitriles is 1. The van der Waals surface area contributed by atoms with E-state index in [2.05, 4.69) is 91.0 Å². The summed E-state index contributed by atoms with van der Waals surface area (Å²) in [5.74, 6) is 0. The molecular formula is C43H25NO2. The van der Waals surface area contributed by atoms with E-state index in [1.807, 2.05) is 66.7 Å². The predicted molar refractivity (Wildman–Crippen MR) is 187 cm³/mol. The summed E-state index contributed by atoms with van der Waals surface area (Å²) in [4.78, 5) is 0. The topological polar surface area (TPSA) is 50.1 Å². The quantitative estimate of drug-likeness (QED) is 0.206. The van der Waals surface area contributed by atoms with Crippen molar-refractivity contribution in [1.29, 1.82) is 5.26 Å². The Labute approximate surface area is 265 Å². The molecule has 0 unspecified atom stereocenters. The number of rotatable bonds is 4. The van der Waals surface area contributed by atoms with Crippen LogP contribution in [0.25, 0.3) is 88.4 Å². The minimum Gasteiger partial charge on any atom is -0.456 e. The van der Waals surface area contributed by atoms with Crippen LogP contribution in [0.1, 0.15) is 5.56 Å². The van der Waals surface area contributed by atoms with Crippen molar-refractivity contribution in [2.75, 3.05) is 0 Å². The van der Waals surface area contributed by atoms with Gasteiger partial charge in [-0.3, -0.25) is 0 Å². The van der Waals surface area contributed by atoms with Gasteiger partial charge in [0.25, 0.3) is 0 Å². The van der Waals surface area contributed by atoms with Gasteiger partial charge in [-0.1, -0.05) is 91.0 Å². The molecule has 2 heterocycles. The van der Waals surface area contributed by atoms with Crippen LogP contribution in [0.2, 0.25) is 0 Å². The summed E-state index contributed by atoms with van der Waals surface area (Å²) in [5, 5.41) is 14.5. The van der Waals surface area contributed by atoms with E-state index in [-0.39, 0.29) is 0 Å². The van der Waals surface area contributed by atoms with E-state index in [1.54, 1.807) is 0 Å². The summed E-state index contributed by atoms with van der Waals surface area (Å²) >= 11 is 0. The molecule has 0 saturated heterocycles. The molecule has 0 N–H and O–H groups in total. The second-order valence-electron chi connectivity index (χ2n) is 11.7. The molecule has 0 amide bonds. The Morgan fingerprint density at radius 3 is 1.59 bits per heavy atom. The van der Waals surface area contributed by atoms with Gasteiger partial charge in [0.15, 0.2) is 0 Å². The van der Waals surface area contributed by atoms with Crippen molar-refractivity contribution >= 4 is 43.9 Å². The van der Waals surface area contributed by atoms with Gasteiger partial charge in [0, 0.05) is 21.5 Å². The van der Waals surface area contributed by atoms with Crippen LogP contribution in [-0.2, 0) is 0 Å². The third kappa shape index (κ3) is 4.28. The lowest BCUT2D eigenvalue weighted by atomic mass is 9.88. The first-order chi connectivity index (χ1) is 22.7. The van der Waals surface area contributed by atoms with E-state index in [4.69, 9.17) is 8.83 Å². The van der Waals surface area contributed by atoms with Gasteiger partial charge in [0.1, 0.15) is 22.3 Å². The third-order valence-electron chi connectivity index (χ3n) is 8.90. The normalized spacial score (nSPS) is 11.5. The van der Waals surface area contributed by atoms with E-state index in [0.29, 0.717) is 5.56 Å². The fourth-order valence-corrected chi connectivity index (χ4v) is 6.66. The maximum atomic E-state index is 10.1. The first-order valence-corrected chi connectivity index (χ1v) is 15.3. The van der Waals surface area contributed by atoms with Gasteiger partial charge < -0.3 is 8.83 Å². The Morgan fingerprint density at radius 1 is 0.348 bits per heavy atom. The summed E-state index contributed by atoms with van der Waals surface area (Å²) < 4.78 is 12.3. The molecule has 0 aliphatic heterocycles. The van der Waals surface area contributed by atoms with Crippen molar-refractivity contribution in [3.05, 3.63) is 157 Å². The summed E-state index contributed by atoms with van der Waals surface area (Å²) in [5.41, 5.74) is 12.6. The molecule has 0 aliphatic rings. The van der Waals surface area contributed by atoms with Gasteiger partial charge in [-0.2, -0.15) is 5.26 Å². The predicted octanol–water partition coefficient (Wildman–Crippen LogP) is 12.0. The van der Waals surface area contributed by atoms with Crippen LogP contribution in [0.15, 0.2) is 160 Å². The Balaban J connectivity index is 1.28. The van der Waals surface area contributed by atoms with Crippen LogP contribution in [0.3, 0.4) is 0 Å². The monoisotopic (exact) mass is 587 g/mol. The Hall–Kier alpha value is -6.37. The van der Waals surface area contributed by atoms with Crippen molar-refractivity contribution in [2.45, 2.75) is 0 Å². The fourth-order valence-electron chi connectivity index (χ4n) is 6.66. The van der Waals surface area contributed by atoms with Gasteiger partial charge in [-0.25, -0.2) is 0 Å². The average molecular weight is 588 g/mol. The first kappa shape index (κ1) is 26.1. The van der Waals surface area contributed by atoms with Gasteiger partial charge in [-0.05, 0) is 105 Å². The van der Waals surface area contributed by atoms with E-state index in [1.165, 1.54) is 0 Å². The van der Waals surface area contributed by atoms with Crippen LogP contribution < -0.4 is 0 Å². The van der Waals surface area contributed by atoms with Gasteiger partial charge in [0.2, 0.25) is 0 Å². The maximum absolute atomic E-state index is 10.1. The summed E-state index contributed by atoms with van der Waals surface area (Å²) in [6.45, 7) is 0. The van der Waals surface area contributed by atoms with Crippen molar-refractivity contribution in [2.24, 2.45) is 0 Å². The highest BCUT2D eigenvalue weighted by Gasteiger charge is 2.16. The molecule has 0 fully saturated rings. The number of benzene rings is 7. The molecule has 9 rings (SSSR count). The molecule has 0 spiro atoms. The molecular weight excluding hydrogens is 562 g/mol. The molecule has 214 valence electrons. The molecule has 0 bridgehead atoms. The number of hydrogen-bond acceptors (Lipinski definition) is 3. The SMILES string of the molecule is N#Cc1cc(-c2ccccc2)cc(-c2cc(-c3ccc4oc5ccccc5c4c3)ccc2-c2ccc3oc4ccccc4c3c2)c1. The van der Waals surface area contributed by atoms with Crippen LogP contribution in [-0.4, -0.2) is 0 Å². The van der Waals surface area contributed by atoms with E-state index in [9.17, 15) is 5.26 Å². The molecule has 0 aliphatic carbocycles. The second-order valence-corrected chi connectivity index (χ2v) is 11.7. The van der Waals surface area contributed by atoms with Crippen LogP contribution in [0, 0.1) is 11.3 Å². The zero-order valence-corrected chi connectivity index (χ0v) is 24.7. The molecule has 46 heavy (non-hydrogen) atoms. The van der Waals surface area contributed by atoms with Crippen LogP contribution >= 0.6 is 0 Å². The molecule has 0 radical (unpaired) electrons. The highest BCUT2D eigenvalue weighted by molar-refractivity contribution is 6.08. The second kappa shape index (κ2) is 10.4. The lowest BCUT2D eigenvalue weighted by molar-refractivity contribution is 0.668.